The number of methoxy groups -OCH3 is 3. The molecule has 13 heteroatoms. The van der Waals surface area contributed by atoms with Crippen LogP contribution in [0.2, 0.25) is 0 Å². The molecule has 1 N–H and O–H groups in total. The standard InChI is InChI=1S/C37H44N2O11/c1-37(2,3)50-36(43)39-19-7-8-32(30(21-39)38-34(41)25-13-15-27(16-14-25)47-22-44-4)49-35(42)26-11-9-24(10-12-26)33(40)29-20-28(46-6)17-18-31(29)48-23-45-5/h9-18,20,30,32H,7-8,19,21-23H2,1-6H3,(H,38,41)/t30-,32-/m1/s1. The van der Waals surface area contributed by atoms with E-state index in [4.69, 9.17) is 33.2 Å². The monoisotopic (exact) mass is 692 g/mol. The largest absolute Gasteiger partial charge is 0.497 e. The minimum atomic E-state index is -0.776. The first-order valence-electron chi connectivity index (χ1n) is 16.1. The molecule has 1 saturated heterocycles. The molecule has 0 unspecified atom stereocenters. The molecule has 0 aliphatic carbocycles. The number of ketones is 1. The quantitative estimate of drug-likeness (QED) is 0.142. The van der Waals surface area contributed by atoms with Crippen molar-refractivity contribution in [1.82, 2.24) is 10.2 Å². The van der Waals surface area contributed by atoms with Gasteiger partial charge in [-0.3, -0.25) is 9.59 Å². The molecule has 0 aromatic heterocycles. The minimum absolute atomic E-state index is 0.0499. The van der Waals surface area contributed by atoms with E-state index in [0.29, 0.717) is 47.8 Å². The second kappa shape index (κ2) is 17.5. The van der Waals surface area contributed by atoms with Crippen molar-refractivity contribution >= 4 is 23.8 Å². The lowest BCUT2D eigenvalue weighted by Crippen LogP contribution is -2.51. The second-order valence-corrected chi connectivity index (χ2v) is 12.5. The first kappa shape index (κ1) is 37.7. The summed E-state index contributed by atoms with van der Waals surface area (Å²) in [6.45, 7) is 5.73. The van der Waals surface area contributed by atoms with Crippen molar-refractivity contribution in [3.63, 3.8) is 0 Å². The normalized spacial score (nSPS) is 16.1. The van der Waals surface area contributed by atoms with E-state index in [-0.39, 0.29) is 37.0 Å². The van der Waals surface area contributed by atoms with Crippen molar-refractivity contribution < 1.29 is 52.3 Å². The zero-order chi connectivity index (χ0) is 36.3. The predicted octanol–water partition coefficient (Wildman–Crippen LogP) is 5.25. The van der Waals surface area contributed by atoms with Crippen LogP contribution in [0.3, 0.4) is 0 Å². The summed E-state index contributed by atoms with van der Waals surface area (Å²) in [7, 11) is 4.48. The van der Waals surface area contributed by atoms with E-state index in [1.807, 2.05) is 0 Å². The van der Waals surface area contributed by atoms with Gasteiger partial charge in [-0.1, -0.05) is 12.1 Å². The number of rotatable bonds is 13. The van der Waals surface area contributed by atoms with Crippen LogP contribution in [-0.2, 0) is 18.9 Å². The summed E-state index contributed by atoms with van der Waals surface area (Å²) in [6, 6.07) is 16.6. The maximum atomic E-state index is 13.5. The van der Waals surface area contributed by atoms with Crippen molar-refractivity contribution in [2.75, 3.05) is 48.0 Å². The van der Waals surface area contributed by atoms with Crippen LogP contribution in [0.15, 0.2) is 66.7 Å². The molecule has 1 aliphatic heterocycles. The summed E-state index contributed by atoms with van der Waals surface area (Å²) in [5.41, 5.74) is 0.399. The highest BCUT2D eigenvalue weighted by atomic mass is 16.7. The fourth-order valence-corrected chi connectivity index (χ4v) is 5.16. The summed E-state index contributed by atoms with van der Waals surface area (Å²) < 4.78 is 37.7. The highest BCUT2D eigenvalue weighted by molar-refractivity contribution is 6.11. The highest BCUT2D eigenvalue weighted by Crippen LogP contribution is 2.27. The molecule has 2 atom stereocenters. The van der Waals surface area contributed by atoms with E-state index >= 15 is 0 Å². The van der Waals surface area contributed by atoms with E-state index in [0.717, 1.165) is 0 Å². The van der Waals surface area contributed by atoms with Crippen molar-refractivity contribution in [3.8, 4) is 17.2 Å². The molecule has 1 heterocycles. The Labute approximate surface area is 291 Å². The van der Waals surface area contributed by atoms with Gasteiger partial charge in [0.2, 0.25) is 0 Å². The predicted molar refractivity (Wildman–Crippen MR) is 182 cm³/mol. The van der Waals surface area contributed by atoms with Crippen LogP contribution in [0.4, 0.5) is 4.79 Å². The van der Waals surface area contributed by atoms with Gasteiger partial charge in [0.1, 0.15) is 29.0 Å². The first-order valence-corrected chi connectivity index (χ1v) is 16.1. The number of esters is 1. The van der Waals surface area contributed by atoms with Crippen molar-refractivity contribution in [1.29, 1.82) is 0 Å². The molecule has 3 aromatic rings. The third-order valence-electron chi connectivity index (χ3n) is 7.62. The molecule has 2 amide bonds. The number of nitrogens with zero attached hydrogens (tertiary/aromatic N) is 1. The molecule has 0 spiro atoms. The Balaban J connectivity index is 1.52. The van der Waals surface area contributed by atoms with Crippen molar-refractivity contribution in [3.05, 3.63) is 89.0 Å². The van der Waals surface area contributed by atoms with Gasteiger partial charge >= 0.3 is 12.1 Å². The summed E-state index contributed by atoms with van der Waals surface area (Å²) in [5.74, 6) is -0.0994. The number of benzene rings is 3. The molecule has 0 radical (unpaired) electrons. The fraction of sp³-hybridized carbons (Fsp3) is 0.405. The molecule has 50 heavy (non-hydrogen) atoms. The molecule has 1 fully saturated rings. The van der Waals surface area contributed by atoms with Crippen LogP contribution < -0.4 is 19.5 Å². The lowest BCUT2D eigenvalue weighted by molar-refractivity contribution is 0.0127. The van der Waals surface area contributed by atoms with E-state index in [1.54, 1.807) is 63.2 Å². The molecule has 0 bridgehead atoms. The number of nitrogens with one attached hydrogen (secondary N) is 1. The van der Waals surface area contributed by atoms with Crippen LogP contribution in [0.1, 0.15) is 70.3 Å². The average molecular weight is 693 g/mol. The zero-order valence-electron chi connectivity index (χ0n) is 29.2. The maximum absolute atomic E-state index is 13.5. The maximum Gasteiger partial charge on any atom is 0.410 e. The summed E-state index contributed by atoms with van der Waals surface area (Å²) in [5, 5.41) is 2.96. The molecule has 0 saturated carbocycles. The number of hydrogen-bond acceptors (Lipinski definition) is 11. The molecule has 1 aliphatic rings. The Morgan fingerprint density at radius 2 is 1.42 bits per heavy atom. The Morgan fingerprint density at radius 3 is 2.06 bits per heavy atom. The molecule has 4 rings (SSSR count). The van der Waals surface area contributed by atoms with Crippen LogP contribution in [0.5, 0.6) is 17.2 Å². The van der Waals surface area contributed by atoms with Gasteiger partial charge in [-0.25, -0.2) is 9.59 Å². The van der Waals surface area contributed by atoms with E-state index in [2.05, 4.69) is 5.32 Å². The van der Waals surface area contributed by atoms with Crippen LogP contribution in [0.25, 0.3) is 0 Å². The minimum Gasteiger partial charge on any atom is -0.497 e. The average Bonchev–Trinajstić information content (AvgIpc) is 3.30. The van der Waals surface area contributed by atoms with Gasteiger partial charge in [0, 0.05) is 38.4 Å². The zero-order valence-corrected chi connectivity index (χ0v) is 29.2. The van der Waals surface area contributed by atoms with Crippen LogP contribution in [0, 0.1) is 0 Å². The lowest BCUT2D eigenvalue weighted by Gasteiger charge is -2.30. The summed E-state index contributed by atoms with van der Waals surface area (Å²) >= 11 is 0. The molecular weight excluding hydrogens is 648 g/mol. The van der Waals surface area contributed by atoms with E-state index in [1.165, 1.54) is 50.5 Å². The van der Waals surface area contributed by atoms with E-state index in [9.17, 15) is 19.2 Å². The topological polar surface area (TPSA) is 148 Å². The number of hydrogen-bond donors (Lipinski definition) is 1. The second-order valence-electron chi connectivity index (χ2n) is 12.5. The van der Waals surface area contributed by atoms with Crippen LogP contribution >= 0.6 is 0 Å². The Morgan fingerprint density at radius 1 is 0.800 bits per heavy atom. The molecule has 268 valence electrons. The SMILES string of the molecule is COCOc1ccc(C(=O)N[C@@H]2CN(C(=O)OC(C)(C)C)CCC[C@H]2OC(=O)c2ccc(C(=O)c3cc(OC)ccc3OCOC)cc2)cc1. The number of ether oxygens (including phenoxy) is 7. The summed E-state index contributed by atoms with van der Waals surface area (Å²) in [4.78, 5) is 54.9. The highest BCUT2D eigenvalue weighted by Gasteiger charge is 2.35. The van der Waals surface area contributed by atoms with Gasteiger partial charge in [0.25, 0.3) is 5.91 Å². The van der Waals surface area contributed by atoms with Gasteiger partial charge in [-0.15, -0.1) is 0 Å². The summed E-state index contributed by atoms with van der Waals surface area (Å²) in [6.07, 6.45) is -0.440. The first-order chi connectivity index (χ1) is 23.9. The third-order valence-corrected chi connectivity index (χ3v) is 7.62. The molecule has 13 nitrogen and oxygen atoms in total. The number of likely N-dealkylation sites (tertiary alicyclic amines) is 1. The van der Waals surface area contributed by atoms with E-state index < -0.39 is 35.7 Å². The van der Waals surface area contributed by atoms with Gasteiger partial charge in [-0.05, 0) is 88.2 Å². The number of amides is 2. The van der Waals surface area contributed by atoms with Crippen molar-refractivity contribution in [2.24, 2.45) is 0 Å². The Bertz CT molecular complexity index is 1620. The lowest BCUT2D eigenvalue weighted by atomic mass is 10.0. The van der Waals surface area contributed by atoms with Gasteiger partial charge in [0.15, 0.2) is 19.4 Å². The Kier molecular flexibility index (Phi) is 13.2. The van der Waals surface area contributed by atoms with Crippen LogP contribution in [-0.4, -0.2) is 94.4 Å². The fourth-order valence-electron chi connectivity index (χ4n) is 5.16. The van der Waals surface area contributed by atoms with Gasteiger partial charge in [-0.2, -0.15) is 0 Å². The van der Waals surface area contributed by atoms with Crippen molar-refractivity contribution in [2.45, 2.75) is 51.4 Å². The van der Waals surface area contributed by atoms with Gasteiger partial charge in [0.05, 0.1) is 24.3 Å². The molecular formula is C37H44N2O11. The number of carbonyl (C=O) groups excluding carboxylic acids is 4. The van der Waals surface area contributed by atoms with Gasteiger partial charge < -0.3 is 43.4 Å². The number of carbonyl (C=O) groups is 4. The molecule has 3 aromatic carbocycles. The Hall–Kier alpha value is -5.14. The third kappa shape index (κ3) is 10.4. The smallest absolute Gasteiger partial charge is 0.410 e.